The molecule has 2 bridgehead atoms. The zero-order valence-electron chi connectivity index (χ0n) is 19.0. The number of piperazine rings is 1. The van der Waals surface area contributed by atoms with E-state index in [1.165, 1.54) is 0 Å². The van der Waals surface area contributed by atoms with Gasteiger partial charge in [0.05, 0.1) is 12.2 Å². The summed E-state index contributed by atoms with van der Waals surface area (Å²) in [5.41, 5.74) is 5.47. The fourth-order valence-electron chi connectivity index (χ4n) is 5.31. The van der Waals surface area contributed by atoms with Gasteiger partial charge in [-0.2, -0.15) is 13.2 Å². The number of hydrogen-bond donors (Lipinski definition) is 2. The number of pyridine rings is 1. The van der Waals surface area contributed by atoms with E-state index in [9.17, 15) is 13.2 Å². The molecule has 0 spiro atoms. The van der Waals surface area contributed by atoms with Crippen molar-refractivity contribution in [3.05, 3.63) is 60.6 Å². The smallest absolute Gasteiger partial charge is 0.365 e. The first kappa shape index (κ1) is 21.8. The van der Waals surface area contributed by atoms with E-state index in [4.69, 9.17) is 0 Å². The number of hydrogen-bond acceptors (Lipinski definition) is 6. The number of aryl methyl sites for hydroxylation is 1. The van der Waals surface area contributed by atoms with Crippen LogP contribution in [0.3, 0.4) is 0 Å². The van der Waals surface area contributed by atoms with Gasteiger partial charge in [0.15, 0.2) is 0 Å². The topological polar surface area (TPSA) is 73.0 Å². The average molecular weight is 480 g/mol. The van der Waals surface area contributed by atoms with Gasteiger partial charge in [-0.1, -0.05) is 0 Å². The quantitative estimate of drug-likeness (QED) is 0.424. The maximum Gasteiger partial charge on any atom is 0.401 e. The normalized spacial score (nSPS) is 20.2. The summed E-state index contributed by atoms with van der Waals surface area (Å²) in [5.74, 6) is 0.479. The molecule has 1 aromatic carbocycles. The van der Waals surface area contributed by atoms with Crippen LogP contribution in [-0.4, -0.2) is 62.7 Å². The number of H-pyrrole nitrogens is 1. The third-order valence-corrected chi connectivity index (χ3v) is 6.85. The van der Waals surface area contributed by atoms with E-state index in [1.807, 2.05) is 49.5 Å². The minimum atomic E-state index is -4.15. The fourth-order valence-corrected chi connectivity index (χ4v) is 5.31. The Morgan fingerprint density at radius 3 is 2.74 bits per heavy atom. The Labute approximate surface area is 200 Å². The van der Waals surface area contributed by atoms with Crippen LogP contribution in [0.25, 0.3) is 22.3 Å². The van der Waals surface area contributed by atoms with Gasteiger partial charge in [0.2, 0.25) is 5.95 Å². The lowest BCUT2D eigenvalue weighted by Gasteiger charge is -2.36. The third kappa shape index (κ3) is 4.29. The molecule has 180 valence electrons. The summed E-state index contributed by atoms with van der Waals surface area (Å²) in [7, 11) is 0. The molecule has 0 radical (unpaired) electrons. The van der Waals surface area contributed by atoms with Crippen molar-refractivity contribution < 1.29 is 13.2 Å². The second kappa shape index (κ2) is 8.23. The highest BCUT2D eigenvalue weighted by Gasteiger charge is 2.46. The Bertz CT molecular complexity index is 1380. The standard InChI is InChI=1S/C25H24F3N7/c1-15-8-18(2-3-22(15)35-13-19-10-20(35)12-34(19)14-25(26,27)28)32-24-30-7-5-21(33-24)17-9-16-4-6-29-23(16)31-11-17/h2-9,11,19-20H,10,12-14H2,1H3,(H,29,31)(H,30,32,33)/t19-,20-/m0/s1. The lowest BCUT2D eigenvalue weighted by atomic mass is 10.1. The van der Waals surface area contributed by atoms with Crippen LogP contribution in [-0.2, 0) is 0 Å². The molecule has 0 unspecified atom stereocenters. The van der Waals surface area contributed by atoms with E-state index in [0.29, 0.717) is 19.0 Å². The average Bonchev–Trinajstić information content (AvgIpc) is 3.53. The van der Waals surface area contributed by atoms with Gasteiger partial charge < -0.3 is 15.2 Å². The molecule has 0 amide bonds. The number of halogens is 3. The number of aromatic nitrogens is 4. The molecule has 2 aliphatic heterocycles. The van der Waals surface area contributed by atoms with Crippen molar-refractivity contribution >= 4 is 28.4 Å². The van der Waals surface area contributed by atoms with Gasteiger partial charge in [-0.3, -0.25) is 4.90 Å². The lowest BCUT2D eigenvalue weighted by Crippen LogP contribution is -2.49. The lowest BCUT2D eigenvalue weighted by molar-refractivity contribution is -0.148. The van der Waals surface area contributed by atoms with Crippen LogP contribution in [0.2, 0.25) is 0 Å². The van der Waals surface area contributed by atoms with Crippen LogP contribution in [0.15, 0.2) is 55.0 Å². The Kier molecular flexibility index (Phi) is 5.14. The summed E-state index contributed by atoms with van der Waals surface area (Å²) in [6.07, 6.45) is 1.97. The first-order valence-corrected chi connectivity index (χ1v) is 11.5. The van der Waals surface area contributed by atoms with Crippen LogP contribution in [0.1, 0.15) is 12.0 Å². The summed E-state index contributed by atoms with van der Waals surface area (Å²) < 4.78 is 38.5. The number of benzene rings is 1. The first-order valence-electron chi connectivity index (χ1n) is 11.5. The van der Waals surface area contributed by atoms with Gasteiger partial charge >= 0.3 is 6.18 Å². The molecule has 2 fully saturated rings. The number of fused-ring (bicyclic) bond motifs is 3. The summed E-state index contributed by atoms with van der Waals surface area (Å²) in [4.78, 5) is 20.3. The minimum absolute atomic E-state index is 0.0463. The van der Waals surface area contributed by atoms with E-state index in [1.54, 1.807) is 17.3 Å². The molecular formula is C25H24F3N7. The maximum atomic E-state index is 12.8. The van der Waals surface area contributed by atoms with Gasteiger partial charge in [0.1, 0.15) is 5.65 Å². The van der Waals surface area contributed by atoms with Gasteiger partial charge in [-0.25, -0.2) is 15.0 Å². The molecule has 0 aliphatic carbocycles. The van der Waals surface area contributed by atoms with E-state index in [-0.39, 0.29) is 12.1 Å². The van der Waals surface area contributed by atoms with Crippen molar-refractivity contribution in [1.29, 1.82) is 0 Å². The molecule has 6 rings (SSSR count). The molecule has 3 aromatic heterocycles. The number of likely N-dealkylation sites (tertiary alicyclic amines) is 1. The molecule has 2 atom stereocenters. The molecule has 0 saturated carbocycles. The number of aromatic amines is 1. The van der Waals surface area contributed by atoms with E-state index in [2.05, 4.69) is 30.2 Å². The maximum absolute atomic E-state index is 12.8. The highest BCUT2D eigenvalue weighted by atomic mass is 19.4. The van der Waals surface area contributed by atoms with E-state index < -0.39 is 12.7 Å². The van der Waals surface area contributed by atoms with Crippen LogP contribution in [0.4, 0.5) is 30.5 Å². The zero-order chi connectivity index (χ0) is 24.2. The van der Waals surface area contributed by atoms with Gasteiger partial charge in [-0.15, -0.1) is 0 Å². The number of nitrogens with zero attached hydrogens (tertiary/aromatic N) is 5. The van der Waals surface area contributed by atoms with Crippen molar-refractivity contribution in [3.63, 3.8) is 0 Å². The summed E-state index contributed by atoms with van der Waals surface area (Å²) in [5, 5.41) is 4.28. The summed E-state index contributed by atoms with van der Waals surface area (Å²) >= 11 is 0. The van der Waals surface area contributed by atoms with E-state index >= 15 is 0 Å². The van der Waals surface area contributed by atoms with Crippen LogP contribution in [0.5, 0.6) is 0 Å². The Morgan fingerprint density at radius 1 is 1.09 bits per heavy atom. The largest absolute Gasteiger partial charge is 0.401 e. The van der Waals surface area contributed by atoms with Crippen molar-refractivity contribution in [2.75, 3.05) is 29.9 Å². The van der Waals surface area contributed by atoms with Crippen LogP contribution < -0.4 is 10.2 Å². The molecule has 2 N–H and O–H groups in total. The molecular weight excluding hydrogens is 455 g/mol. The molecule has 2 aliphatic rings. The van der Waals surface area contributed by atoms with Gasteiger partial charge in [0.25, 0.3) is 0 Å². The monoisotopic (exact) mass is 479 g/mol. The van der Waals surface area contributed by atoms with Gasteiger partial charge in [-0.05, 0) is 55.3 Å². The van der Waals surface area contributed by atoms with Crippen molar-refractivity contribution in [1.82, 2.24) is 24.8 Å². The molecule has 4 aromatic rings. The second-order valence-electron chi connectivity index (χ2n) is 9.27. The summed E-state index contributed by atoms with van der Waals surface area (Å²) in [6.45, 7) is 2.28. The Balaban J connectivity index is 1.17. The molecule has 35 heavy (non-hydrogen) atoms. The van der Waals surface area contributed by atoms with Gasteiger partial charge in [0, 0.05) is 66.1 Å². The number of anilines is 3. The molecule has 2 saturated heterocycles. The van der Waals surface area contributed by atoms with Crippen molar-refractivity contribution in [3.8, 4) is 11.3 Å². The molecule has 10 heteroatoms. The minimum Gasteiger partial charge on any atom is -0.365 e. The number of alkyl halides is 3. The third-order valence-electron chi connectivity index (χ3n) is 6.85. The Hall–Kier alpha value is -3.66. The summed E-state index contributed by atoms with van der Waals surface area (Å²) in [6, 6.07) is 11.9. The van der Waals surface area contributed by atoms with Crippen molar-refractivity contribution in [2.45, 2.75) is 31.6 Å². The van der Waals surface area contributed by atoms with Crippen LogP contribution >= 0.6 is 0 Å². The number of nitrogens with one attached hydrogen (secondary N) is 2. The molecule has 7 nitrogen and oxygen atoms in total. The van der Waals surface area contributed by atoms with Crippen molar-refractivity contribution in [2.24, 2.45) is 0 Å². The molecule has 5 heterocycles. The van der Waals surface area contributed by atoms with E-state index in [0.717, 1.165) is 45.6 Å². The first-order chi connectivity index (χ1) is 16.8. The zero-order valence-corrected chi connectivity index (χ0v) is 19.0. The Morgan fingerprint density at radius 2 is 1.97 bits per heavy atom. The predicted octanol–water partition coefficient (Wildman–Crippen LogP) is 4.90. The number of rotatable bonds is 5. The highest BCUT2D eigenvalue weighted by molar-refractivity contribution is 5.80. The SMILES string of the molecule is Cc1cc(Nc2nccc(-c3cnc4[nH]ccc4c3)n2)ccc1N1C[C@@H]2C[C@H]1CN2CC(F)(F)F. The second-order valence-corrected chi connectivity index (χ2v) is 9.27. The highest BCUT2D eigenvalue weighted by Crippen LogP contribution is 2.38. The fraction of sp³-hybridized carbons (Fsp3) is 0.320. The van der Waals surface area contributed by atoms with Crippen LogP contribution in [0, 0.1) is 6.92 Å². The predicted molar refractivity (Wildman–Crippen MR) is 129 cm³/mol.